The van der Waals surface area contributed by atoms with E-state index < -0.39 is 75.0 Å². The zero-order chi connectivity index (χ0) is 29.2. The molecule has 4 aromatic heterocycles. The summed E-state index contributed by atoms with van der Waals surface area (Å²) in [6.45, 7) is -1.41. The van der Waals surface area contributed by atoms with Gasteiger partial charge in [-0.3, -0.25) is 23.5 Å². The van der Waals surface area contributed by atoms with E-state index in [2.05, 4.69) is 24.9 Å². The van der Waals surface area contributed by atoms with Crippen molar-refractivity contribution in [2.24, 2.45) is 0 Å². The molecule has 2 aliphatic heterocycles. The van der Waals surface area contributed by atoms with Gasteiger partial charge in [0.05, 0.1) is 31.6 Å². The van der Waals surface area contributed by atoms with Crippen molar-refractivity contribution in [1.29, 1.82) is 0 Å². The number of H-pyrrole nitrogens is 1. The summed E-state index contributed by atoms with van der Waals surface area (Å²) in [7, 11) is -4.87. The van der Waals surface area contributed by atoms with Gasteiger partial charge in [0.2, 0.25) is 5.95 Å². The van der Waals surface area contributed by atoms with Crippen LogP contribution in [0.15, 0.2) is 29.7 Å². The number of pyridine rings is 1. The van der Waals surface area contributed by atoms with Crippen LogP contribution in [0, 0.1) is 0 Å². The lowest BCUT2D eigenvalue weighted by molar-refractivity contribution is -0.0496. The van der Waals surface area contributed by atoms with Gasteiger partial charge in [0, 0.05) is 6.20 Å². The van der Waals surface area contributed by atoms with Crippen LogP contribution < -0.4 is 17.0 Å². The standard InChI is InChI=1S/C21H26N9O10P/c22-7-1-2-24-16-10(7)25-5-29(16)19-14(34)12(32)9(40-19)4-38-41(36,37)15-13(33)8(3-31)39-20(15)30-6-26-11-17(30)27-21(23)28-18(11)35/h1-2,5-6,8-9,12-15,19-20,31-34H,3-4H2,(H2,22,24)(H,36,37)(H3,23,27,28,35)/t8-,9-,12-,13-,14-,15-,19-,20-/m1/s1. The lowest BCUT2D eigenvalue weighted by Gasteiger charge is -2.27. The number of ether oxygens (including phenoxy) is 2. The number of aromatic amines is 1. The zero-order valence-corrected chi connectivity index (χ0v) is 21.8. The molecule has 0 amide bonds. The summed E-state index contributed by atoms with van der Waals surface area (Å²) in [5, 5.41) is 41.8. The minimum atomic E-state index is -4.87. The number of aliphatic hydroxyl groups excluding tert-OH is 4. The van der Waals surface area contributed by atoms with E-state index in [1.807, 2.05) is 0 Å². The maximum absolute atomic E-state index is 13.6. The molecule has 0 bridgehead atoms. The molecule has 0 saturated carbocycles. The van der Waals surface area contributed by atoms with Crippen LogP contribution in [-0.4, -0.2) is 109 Å². The second-order valence-electron chi connectivity index (χ2n) is 9.63. The summed E-state index contributed by atoms with van der Waals surface area (Å²) in [4.78, 5) is 41.8. The van der Waals surface area contributed by atoms with Crippen molar-refractivity contribution >= 4 is 41.6 Å². The number of aromatic nitrogens is 7. The number of hydrogen-bond acceptors (Lipinski definition) is 15. The third-order valence-electron chi connectivity index (χ3n) is 7.15. The highest BCUT2D eigenvalue weighted by Crippen LogP contribution is 2.57. The van der Waals surface area contributed by atoms with Gasteiger partial charge in [0.15, 0.2) is 29.3 Å². The van der Waals surface area contributed by atoms with Gasteiger partial charge in [-0.15, -0.1) is 0 Å². The summed E-state index contributed by atoms with van der Waals surface area (Å²) < 4.78 is 32.8. The van der Waals surface area contributed by atoms with Gasteiger partial charge >= 0.3 is 7.60 Å². The molecule has 0 aliphatic carbocycles. The van der Waals surface area contributed by atoms with E-state index in [0.29, 0.717) is 11.2 Å². The second kappa shape index (κ2) is 10.1. The number of rotatable bonds is 7. The van der Waals surface area contributed by atoms with Crippen molar-refractivity contribution in [3.63, 3.8) is 0 Å². The first kappa shape index (κ1) is 27.6. The predicted molar refractivity (Wildman–Crippen MR) is 137 cm³/mol. The van der Waals surface area contributed by atoms with Gasteiger partial charge in [-0.2, -0.15) is 4.98 Å². The largest absolute Gasteiger partial charge is 0.397 e. The summed E-state index contributed by atoms with van der Waals surface area (Å²) >= 11 is 0. The van der Waals surface area contributed by atoms with E-state index in [4.69, 9.17) is 25.5 Å². The molecule has 2 aliphatic rings. The Bertz CT molecular complexity index is 1710. The molecule has 0 radical (unpaired) electrons. The van der Waals surface area contributed by atoms with Crippen molar-refractivity contribution < 1.29 is 43.9 Å². The topological polar surface area (TPSA) is 292 Å². The Kier molecular flexibility index (Phi) is 6.80. The molecule has 0 aromatic carbocycles. The summed E-state index contributed by atoms with van der Waals surface area (Å²) in [5.74, 6) is -0.259. The van der Waals surface area contributed by atoms with E-state index in [1.54, 1.807) is 6.07 Å². The fourth-order valence-electron chi connectivity index (χ4n) is 5.10. The van der Waals surface area contributed by atoms with Crippen LogP contribution in [0.4, 0.5) is 11.6 Å². The predicted octanol–water partition coefficient (Wildman–Crippen LogP) is -2.83. The van der Waals surface area contributed by atoms with Gasteiger partial charge < -0.3 is 50.8 Å². The molecule has 2 saturated heterocycles. The average Bonchev–Trinajstić information content (AvgIpc) is 3.68. The van der Waals surface area contributed by atoms with Crippen molar-refractivity contribution in [2.75, 3.05) is 24.7 Å². The highest BCUT2D eigenvalue weighted by atomic mass is 31.2. The molecule has 220 valence electrons. The summed E-state index contributed by atoms with van der Waals surface area (Å²) in [6.07, 6.45) is -6.16. The van der Waals surface area contributed by atoms with E-state index in [-0.39, 0.29) is 22.8 Å². The fourth-order valence-corrected chi connectivity index (χ4v) is 6.74. The molecule has 41 heavy (non-hydrogen) atoms. The lowest BCUT2D eigenvalue weighted by atomic mass is 10.1. The van der Waals surface area contributed by atoms with Crippen molar-refractivity contribution in [2.45, 2.75) is 48.6 Å². The van der Waals surface area contributed by atoms with Crippen LogP contribution in [0.1, 0.15) is 12.5 Å². The number of hydrogen-bond donors (Lipinski definition) is 8. The molecule has 9 atom stereocenters. The molecule has 2 fully saturated rings. The SMILES string of the molecule is Nc1nc2c(ncn2[C@@H]2O[C@H](CO)[C@@H](O)[C@H]2P(=O)(O)OC[C@H]2O[C@@H](n3cnc4c(N)ccnc43)[C@H](O)[C@@H]2O)c(=O)[nH]1. The first-order valence-electron chi connectivity index (χ1n) is 12.2. The molecular formula is C21H26N9O10P. The number of imidazole rings is 2. The average molecular weight is 595 g/mol. The monoisotopic (exact) mass is 595 g/mol. The lowest BCUT2D eigenvalue weighted by Crippen LogP contribution is -2.36. The van der Waals surface area contributed by atoms with Crippen LogP contribution in [0.2, 0.25) is 0 Å². The Morgan fingerprint density at radius 1 is 0.976 bits per heavy atom. The van der Waals surface area contributed by atoms with Crippen molar-refractivity contribution in [1.82, 2.24) is 34.1 Å². The smallest absolute Gasteiger partial charge is 0.338 e. The number of nitrogens with two attached hydrogens (primary N) is 2. The Hall–Kier alpha value is -3.52. The molecule has 1 unspecified atom stereocenters. The Labute approximate surface area is 228 Å². The van der Waals surface area contributed by atoms with Crippen LogP contribution >= 0.6 is 7.60 Å². The number of fused-ring (bicyclic) bond motifs is 2. The second-order valence-corrected chi connectivity index (χ2v) is 11.6. The summed E-state index contributed by atoms with van der Waals surface area (Å²) in [6, 6.07) is 1.54. The quantitative estimate of drug-likeness (QED) is 0.0999. The number of anilines is 2. The Balaban J connectivity index is 1.25. The molecule has 20 heteroatoms. The first-order valence-corrected chi connectivity index (χ1v) is 13.9. The Morgan fingerprint density at radius 2 is 1.66 bits per heavy atom. The summed E-state index contributed by atoms with van der Waals surface area (Å²) in [5.41, 5.74) is 9.88. The molecule has 19 nitrogen and oxygen atoms in total. The van der Waals surface area contributed by atoms with Crippen molar-refractivity contribution in [3.05, 3.63) is 35.3 Å². The van der Waals surface area contributed by atoms with Gasteiger partial charge in [-0.05, 0) is 6.07 Å². The van der Waals surface area contributed by atoms with E-state index >= 15 is 0 Å². The minimum absolute atomic E-state index is 0.102. The third-order valence-corrected chi connectivity index (χ3v) is 8.98. The van der Waals surface area contributed by atoms with E-state index in [0.717, 1.165) is 10.9 Å². The normalized spacial score (nSPS) is 31.7. The van der Waals surface area contributed by atoms with E-state index in [9.17, 15) is 34.7 Å². The molecule has 6 rings (SSSR count). The van der Waals surface area contributed by atoms with Crippen LogP contribution in [0.3, 0.4) is 0 Å². The highest BCUT2D eigenvalue weighted by Gasteiger charge is 2.55. The van der Waals surface area contributed by atoms with Crippen LogP contribution in [0.5, 0.6) is 0 Å². The van der Waals surface area contributed by atoms with Crippen molar-refractivity contribution in [3.8, 4) is 0 Å². The highest BCUT2D eigenvalue weighted by molar-refractivity contribution is 7.53. The molecule has 4 aromatic rings. The first-order chi connectivity index (χ1) is 19.5. The van der Waals surface area contributed by atoms with E-state index in [1.165, 1.54) is 17.1 Å². The zero-order valence-electron chi connectivity index (χ0n) is 20.9. The third kappa shape index (κ3) is 4.47. The van der Waals surface area contributed by atoms with Gasteiger partial charge in [-0.25, -0.2) is 15.0 Å². The maximum atomic E-state index is 13.6. The molecule has 10 N–H and O–H groups in total. The van der Waals surface area contributed by atoms with Gasteiger partial charge in [-0.1, -0.05) is 0 Å². The molecule has 0 spiro atoms. The number of aliphatic hydroxyl groups is 4. The minimum Gasteiger partial charge on any atom is -0.397 e. The molecular weight excluding hydrogens is 569 g/mol. The van der Waals surface area contributed by atoms with Crippen LogP contribution in [0.25, 0.3) is 22.3 Å². The Morgan fingerprint density at radius 3 is 2.39 bits per heavy atom. The van der Waals surface area contributed by atoms with Crippen LogP contribution in [-0.2, 0) is 18.6 Å². The number of nitrogen functional groups attached to an aromatic ring is 2. The maximum Gasteiger partial charge on any atom is 0.338 e. The fraction of sp³-hybridized carbons (Fsp3) is 0.476. The number of nitrogens with zero attached hydrogens (tertiary/aromatic N) is 6. The van der Waals surface area contributed by atoms with Gasteiger partial charge in [0.1, 0.15) is 41.7 Å². The number of nitrogens with one attached hydrogen (secondary N) is 1. The molecule has 6 heterocycles. The van der Waals surface area contributed by atoms with Gasteiger partial charge in [0.25, 0.3) is 5.56 Å².